The molecular weight excluding hydrogens is 288 g/mol. The Morgan fingerprint density at radius 1 is 0.500 bits per heavy atom. The van der Waals surface area contributed by atoms with Crippen LogP contribution in [0.1, 0.15) is 136 Å². The molecule has 0 aromatic rings. The average Bonchev–Trinajstić information content (AvgIpc) is 2.56. The minimum absolute atomic E-state index is 0.891. The summed E-state index contributed by atoms with van der Waals surface area (Å²) >= 11 is 0. The number of allylic oxidation sites excluding steroid dienone is 2. The Hall–Kier alpha value is -0.260. The van der Waals surface area contributed by atoms with E-state index in [2.05, 4.69) is 32.9 Å². The van der Waals surface area contributed by atoms with Crippen LogP contribution >= 0.6 is 0 Å². The SMILES string of the molecule is CCCCCCCCCC/C=C/CCCCCCCCCC(C)C. The van der Waals surface area contributed by atoms with Gasteiger partial charge in [0.15, 0.2) is 0 Å². The zero-order chi connectivity index (χ0) is 17.7. The molecule has 0 aliphatic rings. The van der Waals surface area contributed by atoms with Crippen LogP contribution in [0.15, 0.2) is 12.2 Å². The first-order chi connectivity index (χ1) is 11.8. The summed E-state index contributed by atoms with van der Waals surface area (Å²) in [7, 11) is 0. The predicted octanol–water partition coefficient (Wildman–Crippen LogP) is 9.24. The fraction of sp³-hybridized carbons (Fsp3) is 0.917. The van der Waals surface area contributed by atoms with Crippen molar-refractivity contribution in [3.8, 4) is 0 Å². The van der Waals surface area contributed by atoms with Gasteiger partial charge in [-0.2, -0.15) is 0 Å². The topological polar surface area (TPSA) is 0 Å². The lowest BCUT2D eigenvalue weighted by atomic mass is 10.0. The third-order valence-corrected chi connectivity index (χ3v) is 5.04. The van der Waals surface area contributed by atoms with Gasteiger partial charge in [-0.1, -0.05) is 123 Å². The highest BCUT2D eigenvalue weighted by Crippen LogP contribution is 2.13. The molecule has 0 heterocycles. The molecule has 0 radical (unpaired) electrons. The van der Waals surface area contributed by atoms with E-state index in [1.165, 1.54) is 116 Å². The summed E-state index contributed by atoms with van der Waals surface area (Å²) in [6, 6.07) is 0. The van der Waals surface area contributed by atoms with Crippen LogP contribution in [0.25, 0.3) is 0 Å². The second kappa shape index (κ2) is 20.8. The van der Waals surface area contributed by atoms with Gasteiger partial charge in [0.1, 0.15) is 0 Å². The molecule has 0 aromatic heterocycles. The summed E-state index contributed by atoms with van der Waals surface area (Å²) in [5.41, 5.74) is 0. The standard InChI is InChI=1S/C24H48/c1-4-5-6-7-8-9-10-11-12-13-14-15-16-17-18-19-20-21-22-23-24(2)3/h13-14,24H,4-12,15-23H2,1-3H3/b14-13+. The van der Waals surface area contributed by atoms with Gasteiger partial charge in [-0.3, -0.25) is 0 Å². The number of unbranched alkanes of at least 4 members (excludes halogenated alkanes) is 15. The van der Waals surface area contributed by atoms with Crippen LogP contribution in [0.4, 0.5) is 0 Å². The lowest BCUT2D eigenvalue weighted by Gasteiger charge is -2.04. The maximum atomic E-state index is 2.43. The number of hydrogen-bond donors (Lipinski definition) is 0. The number of rotatable bonds is 19. The van der Waals surface area contributed by atoms with Gasteiger partial charge in [-0.15, -0.1) is 0 Å². The van der Waals surface area contributed by atoms with E-state index in [0.29, 0.717) is 0 Å². The Bertz CT molecular complexity index is 238. The van der Waals surface area contributed by atoms with Crippen molar-refractivity contribution in [1.29, 1.82) is 0 Å². The molecule has 0 N–H and O–H groups in total. The van der Waals surface area contributed by atoms with Crippen molar-refractivity contribution in [2.24, 2.45) is 5.92 Å². The second-order valence-electron chi connectivity index (χ2n) is 8.18. The molecule has 0 nitrogen and oxygen atoms in total. The summed E-state index contributed by atoms with van der Waals surface area (Å²) in [6.45, 7) is 6.96. The van der Waals surface area contributed by atoms with Crippen molar-refractivity contribution in [3.63, 3.8) is 0 Å². The molecule has 0 unspecified atom stereocenters. The molecule has 0 aliphatic heterocycles. The molecule has 0 spiro atoms. The third-order valence-electron chi connectivity index (χ3n) is 5.04. The van der Waals surface area contributed by atoms with Crippen LogP contribution in [0.2, 0.25) is 0 Å². The van der Waals surface area contributed by atoms with Crippen molar-refractivity contribution >= 4 is 0 Å². The van der Waals surface area contributed by atoms with E-state index in [1.54, 1.807) is 0 Å². The van der Waals surface area contributed by atoms with Crippen LogP contribution in [0.3, 0.4) is 0 Å². The third kappa shape index (κ3) is 21.7. The highest BCUT2D eigenvalue weighted by atomic mass is 14.0. The highest BCUT2D eigenvalue weighted by molar-refractivity contribution is 4.81. The summed E-state index contributed by atoms with van der Waals surface area (Å²) < 4.78 is 0. The van der Waals surface area contributed by atoms with Gasteiger partial charge in [0, 0.05) is 0 Å². The molecule has 144 valence electrons. The van der Waals surface area contributed by atoms with Crippen LogP contribution in [-0.4, -0.2) is 0 Å². The van der Waals surface area contributed by atoms with Crippen LogP contribution in [0, 0.1) is 5.92 Å². The molecule has 0 amide bonds. The van der Waals surface area contributed by atoms with Gasteiger partial charge >= 0.3 is 0 Å². The molecular formula is C24H48. The van der Waals surface area contributed by atoms with Gasteiger partial charge in [0.25, 0.3) is 0 Å². The summed E-state index contributed by atoms with van der Waals surface area (Å²) in [4.78, 5) is 0. The minimum atomic E-state index is 0.891. The Balaban J connectivity index is 3.06. The molecule has 24 heavy (non-hydrogen) atoms. The van der Waals surface area contributed by atoms with Gasteiger partial charge in [-0.25, -0.2) is 0 Å². The largest absolute Gasteiger partial charge is 0.0885 e. The van der Waals surface area contributed by atoms with E-state index in [1.807, 2.05) is 0 Å². The van der Waals surface area contributed by atoms with Gasteiger partial charge in [0.2, 0.25) is 0 Å². The van der Waals surface area contributed by atoms with Crippen molar-refractivity contribution in [1.82, 2.24) is 0 Å². The summed E-state index contributed by atoms with van der Waals surface area (Å²) in [5, 5.41) is 0. The van der Waals surface area contributed by atoms with E-state index >= 15 is 0 Å². The maximum Gasteiger partial charge on any atom is -0.0351 e. The molecule has 0 aliphatic carbocycles. The second-order valence-corrected chi connectivity index (χ2v) is 8.18. The van der Waals surface area contributed by atoms with Crippen LogP contribution in [-0.2, 0) is 0 Å². The van der Waals surface area contributed by atoms with Gasteiger partial charge in [0.05, 0.1) is 0 Å². The molecule has 0 rings (SSSR count). The molecule has 0 saturated carbocycles. The van der Waals surface area contributed by atoms with Crippen LogP contribution in [0.5, 0.6) is 0 Å². The van der Waals surface area contributed by atoms with E-state index in [0.717, 1.165) is 5.92 Å². The first kappa shape index (κ1) is 23.7. The predicted molar refractivity (Wildman–Crippen MR) is 113 cm³/mol. The van der Waals surface area contributed by atoms with Crippen molar-refractivity contribution < 1.29 is 0 Å². The van der Waals surface area contributed by atoms with E-state index in [9.17, 15) is 0 Å². The summed E-state index contributed by atoms with van der Waals surface area (Å²) in [6.07, 6.45) is 30.5. The molecule has 0 saturated heterocycles. The van der Waals surface area contributed by atoms with Crippen molar-refractivity contribution in [2.45, 2.75) is 136 Å². The van der Waals surface area contributed by atoms with E-state index < -0.39 is 0 Å². The smallest absolute Gasteiger partial charge is 0.0351 e. The van der Waals surface area contributed by atoms with Gasteiger partial charge < -0.3 is 0 Å². The van der Waals surface area contributed by atoms with Gasteiger partial charge in [-0.05, 0) is 31.6 Å². The first-order valence-corrected chi connectivity index (χ1v) is 11.4. The van der Waals surface area contributed by atoms with Crippen molar-refractivity contribution in [2.75, 3.05) is 0 Å². The zero-order valence-corrected chi connectivity index (χ0v) is 17.5. The normalized spacial score (nSPS) is 11.8. The fourth-order valence-electron chi connectivity index (χ4n) is 3.33. The Kier molecular flexibility index (Phi) is 20.6. The molecule has 0 fully saturated rings. The fourth-order valence-corrected chi connectivity index (χ4v) is 3.33. The Morgan fingerprint density at radius 2 is 0.875 bits per heavy atom. The quantitative estimate of drug-likeness (QED) is 0.163. The zero-order valence-electron chi connectivity index (χ0n) is 17.5. The first-order valence-electron chi connectivity index (χ1n) is 11.4. The Labute approximate surface area is 154 Å². The molecule has 0 heteroatoms. The van der Waals surface area contributed by atoms with Crippen molar-refractivity contribution in [3.05, 3.63) is 12.2 Å². The van der Waals surface area contributed by atoms with E-state index in [4.69, 9.17) is 0 Å². The summed E-state index contributed by atoms with van der Waals surface area (Å²) in [5.74, 6) is 0.891. The maximum absolute atomic E-state index is 2.43. The number of hydrogen-bond acceptors (Lipinski definition) is 0. The molecule has 0 bridgehead atoms. The van der Waals surface area contributed by atoms with E-state index in [-0.39, 0.29) is 0 Å². The average molecular weight is 337 g/mol. The highest BCUT2D eigenvalue weighted by Gasteiger charge is 1.95. The lowest BCUT2D eigenvalue weighted by molar-refractivity contribution is 0.509. The lowest BCUT2D eigenvalue weighted by Crippen LogP contribution is -1.87. The molecule has 0 aromatic carbocycles. The minimum Gasteiger partial charge on any atom is -0.0885 e. The monoisotopic (exact) mass is 336 g/mol. The Morgan fingerprint density at radius 3 is 1.29 bits per heavy atom. The molecule has 0 atom stereocenters. The van der Waals surface area contributed by atoms with Crippen LogP contribution < -0.4 is 0 Å².